The van der Waals surface area contributed by atoms with E-state index in [1.807, 2.05) is 30.6 Å². The Morgan fingerprint density at radius 3 is 2.68 bits per heavy atom. The number of benzene rings is 1. The fourth-order valence-corrected chi connectivity index (χ4v) is 2.63. The summed E-state index contributed by atoms with van der Waals surface area (Å²) in [6.45, 7) is 2.09. The summed E-state index contributed by atoms with van der Waals surface area (Å²) in [5.41, 5.74) is 1.87. The molecule has 0 spiro atoms. The minimum Gasteiger partial charge on any atom is -0.497 e. The van der Waals surface area contributed by atoms with Gasteiger partial charge in [0, 0.05) is 10.9 Å². The van der Waals surface area contributed by atoms with E-state index in [1.54, 1.807) is 25.6 Å². The van der Waals surface area contributed by atoms with Gasteiger partial charge in [-0.15, -0.1) is 11.3 Å². The van der Waals surface area contributed by atoms with Crippen molar-refractivity contribution in [1.29, 1.82) is 0 Å². The Hall–Kier alpha value is -1.59. The van der Waals surface area contributed by atoms with Crippen molar-refractivity contribution in [3.8, 4) is 22.8 Å². The topological polar surface area (TPSA) is 43.4 Å². The minimum atomic E-state index is 0.246. The van der Waals surface area contributed by atoms with Crippen molar-refractivity contribution in [3.63, 3.8) is 0 Å². The first-order valence-corrected chi connectivity index (χ1v) is 6.92. The Labute approximate surface area is 117 Å². The monoisotopic (exact) mass is 278 g/mol. The summed E-state index contributed by atoms with van der Waals surface area (Å²) in [4.78, 5) is 4.66. The van der Waals surface area contributed by atoms with Crippen LogP contribution in [0.4, 0.5) is 0 Å². The van der Waals surface area contributed by atoms with Crippen molar-refractivity contribution >= 4 is 11.3 Å². The normalized spacial score (nSPS) is 12.2. The number of hydrogen-bond donors (Lipinski definition) is 1. The van der Waals surface area contributed by atoms with Crippen LogP contribution < -0.4 is 14.8 Å². The van der Waals surface area contributed by atoms with Crippen LogP contribution in [0, 0.1) is 0 Å². The van der Waals surface area contributed by atoms with Gasteiger partial charge in [0.1, 0.15) is 16.5 Å². The molecule has 1 aromatic carbocycles. The van der Waals surface area contributed by atoms with E-state index < -0.39 is 0 Å². The van der Waals surface area contributed by atoms with Crippen LogP contribution in [0.3, 0.4) is 0 Å². The molecule has 1 atom stereocenters. The first-order chi connectivity index (χ1) is 9.19. The van der Waals surface area contributed by atoms with Gasteiger partial charge in [0.25, 0.3) is 0 Å². The molecule has 4 nitrogen and oxygen atoms in total. The van der Waals surface area contributed by atoms with E-state index in [0.29, 0.717) is 0 Å². The summed E-state index contributed by atoms with van der Waals surface area (Å²) in [5, 5.41) is 6.29. The number of aromatic nitrogens is 1. The molecule has 0 radical (unpaired) electrons. The Kier molecular flexibility index (Phi) is 4.39. The van der Waals surface area contributed by atoms with Crippen molar-refractivity contribution in [2.24, 2.45) is 0 Å². The molecule has 5 heteroatoms. The zero-order chi connectivity index (χ0) is 13.8. The zero-order valence-corrected chi connectivity index (χ0v) is 12.4. The predicted molar refractivity (Wildman–Crippen MR) is 78.1 cm³/mol. The lowest BCUT2D eigenvalue weighted by Gasteiger charge is -2.09. The third-order valence-electron chi connectivity index (χ3n) is 3.01. The number of rotatable bonds is 5. The molecule has 2 aromatic rings. The number of methoxy groups -OCH3 is 2. The summed E-state index contributed by atoms with van der Waals surface area (Å²) >= 11 is 1.64. The maximum absolute atomic E-state index is 5.39. The lowest BCUT2D eigenvalue weighted by Crippen LogP contribution is -2.11. The summed E-state index contributed by atoms with van der Waals surface area (Å²) in [5.74, 6) is 1.60. The summed E-state index contributed by atoms with van der Waals surface area (Å²) in [7, 11) is 5.24. The molecule has 0 saturated heterocycles. The summed E-state index contributed by atoms with van der Waals surface area (Å²) < 4.78 is 10.6. The third kappa shape index (κ3) is 2.88. The van der Waals surface area contributed by atoms with Crippen LogP contribution in [0.25, 0.3) is 11.3 Å². The van der Waals surface area contributed by atoms with Crippen LogP contribution in [0.2, 0.25) is 0 Å². The second kappa shape index (κ2) is 6.04. The lowest BCUT2D eigenvalue weighted by atomic mass is 10.1. The molecule has 0 aliphatic heterocycles. The van der Waals surface area contributed by atoms with Gasteiger partial charge in [-0.3, -0.25) is 0 Å². The third-order valence-corrected chi connectivity index (χ3v) is 4.04. The molecule has 102 valence electrons. The second-order valence-electron chi connectivity index (χ2n) is 4.15. The average Bonchev–Trinajstić information content (AvgIpc) is 2.95. The van der Waals surface area contributed by atoms with Crippen molar-refractivity contribution in [1.82, 2.24) is 10.3 Å². The van der Waals surface area contributed by atoms with Gasteiger partial charge in [-0.05, 0) is 32.2 Å². The van der Waals surface area contributed by atoms with Gasteiger partial charge in [-0.2, -0.15) is 0 Å². The average molecular weight is 278 g/mol. The molecule has 0 amide bonds. The number of nitrogens with zero attached hydrogens (tertiary/aromatic N) is 1. The summed E-state index contributed by atoms with van der Waals surface area (Å²) in [6.07, 6.45) is 0. The van der Waals surface area contributed by atoms with Crippen molar-refractivity contribution in [2.75, 3.05) is 21.3 Å². The minimum absolute atomic E-state index is 0.246. The van der Waals surface area contributed by atoms with Crippen molar-refractivity contribution in [3.05, 3.63) is 28.6 Å². The fourth-order valence-electron chi connectivity index (χ4n) is 1.75. The van der Waals surface area contributed by atoms with E-state index >= 15 is 0 Å². The maximum Gasteiger partial charge on any atom is 0.128 e. The number of nitrogens with one attached hydrogen (secondary N) is 1. The van der Waals surface area contributed by atoms with Gasteiger partial charge in [0.2, 0.25) is 0 Å². The highest BCUT2D eigenvalue weighted by Gasteiger charge is 2.13. The highest BCUT2D eigenvalue weighted by atomic mass is 32.1. The van der Waals surface area contributed by atoms with E-state index in [9.17, 15) is 0 Å². The molecule has 2 rings (SSSR count). The molecule has 19 heavy (non-hydrogen) atoms. The quantitative estimate of drug-likeness (QED) is 0.912. The van der Waals surface area contributed by atoms with E-state index in [0.717, 1.165) is 27.8 Å². The van der Waals surface area contributed by atoms with Gasteiger partial charge >= 0.3 is 0 Å². The second-order valence-corrected chi connectivity index (χ2v) is 5.04. The van der Waals surface area contributed by atoms with Gasteiger partial charge in [-0.1, -0.05) is 0 Å². The maximum atomic E-state index is 5.39. The van der Waals surface area contributed by atoms with Crippen LogP contribution in [0.5, 0.6) is 11.5 Å². The van der Waals surface area contributed by atoms with Gasteiger partial charge in [0.05, 0.1) is 26.0 Å². The van der Waals surface area contributed by atoms with Crippen molar-refractivity contribution < 1.29 is 9.47 Å². The molecular formula is C14H18N2O2S. The highest BCUT2D eigenvalue weighted by Crippen LogP contribution is 2.34. The molecule has 1 unspecified atom stereocenters. The standard InChI is InChI=1S/C14H18N2O2S/c1-9(15-2)14-16-12(8-19-14)11-7-10(17-3)5-6-13(11)18-4/h5-9,15H,1-4H3. The molecule has 0 bridgehead atoms. The Morgan fingerprint density at radius 2 is 2.05 bits per heavy atom. The van der Waals surface area contributed by atoms with Gasteiger partial charge in [-0.25, -0.2) is 4.98 Å². The van der Waals surface area contributed by atoms with Crippen LogP contribution in [0.1, 0.15) is 18.0 Å². The first-order valence-electron chi connectivity index (χ1n) is 6.04. The highest BCUT2D eigenvalue weighted by molar-refractivity contribution is 7.10. The Balaban J connectivity index is 2.42. The molecule has 1 N–H and O–H groups in total. The lowest BCUT2D eigenvalue weighted by molar-refractivity contribution is 0.404. The molecular weight excluding hydrogens is 260 g/mol. The van der Waals surface area contributed by atoms with E-state index in [-0.39, 0.29) is 6.04 Å². The molecule has 0 saturated carbocycles. The molecule has 0 fully saturated rings. The van der Waals surface area contributed by atoms with Gasteiger partial charge in [0.15, 0.2) is 0 Å². The summed E-state index contributed by atoms with van der Waals surface area (Å²) in [6, 6.07) is 5.97. The van der Waals surface area contributed by atoms with Gasteiger partial charge < -0.3 is 14.8 Å². The molecule has 0 aliphatic rings. The van der Waals surface area contributed by atoms with E-state index in [4.69, 9.17) is 9.47 Å². The van der Waals surface area contributed by atoms with Crippen LogP contribution in [-0.2, 0) is 0 Å². The first kappa shape index (κ1) is 13.8. The number of hydrogen-bond acceptors (Lipinski definition) is 5. The van der Waals surface area contributed by atoms with Crippen LogP contribution >= 0.6 is 11.3 Å². The number of ether oxygens (including phenoxy) is 2. The predicted octanol–water partition coefficient (Wildman–Crippen LogP) is 3.11. The smallest absolute Gasteiger partial charge is 0.128 e. The zero-order valence-electron chi connectivity index (χ0n) is 11.6. The van der Waals surface area contributed by atoms with E-state index in [2.05, 4.69) is 17.2 Å². The molecule has 1 aromatic heterocycles. The molecule has 1 heterocycles. The number of thiazole rings is 1. The van der Waals surface area contributed by atoms with Crippen LogP contribution in [-0.4, -0.2) is 26.3 Å². The SMILES string of the molecule is CNC(C)c1nc(-c2cc(OC)ccc2OC)cs1. The Morgan fingerprint density at radius 1 is 1.26 bits per heavy atom. The van der Waals surface area contributed by atoms with E-state index in [1.165, 1.54) is 0 Å². The molecule has 0 aliphatic carbocycles. The fraction of sp³-hybridized carbons (Fsp3) is 0.357. The van der Waals surface area contributed by atoms with Crippen LogP contribution in [0.15, 0.2) is 23.6 Å². The Bertz CT molecular complexity index is 554. The largest absolute Gasteiger partial charge is 0.497 e. The van der Waals surface area contributed by atoms with Crippen molar-refractivity contribution in [2.45, 2.75) is 13.0 Å².